The van der Waals surface area contributed by atoms with Gasteiger partial charge in [-0.15, -0.1) is 0 Å². The third-order valence-electron chi connectivity index (χ3n) is 2.59. The molecular formula is C13H16ClNO. The highest BCUT2D eigenvalue weighted by Crippen LogP contribution is 2.27. The molecule has 1 atom stereocenters. The summed E-state index contributed by atoms with van der Waals surface area (Å²) in [5, 5.41) is 1.74. The van der Waals surface area contributed by atoms with Gasteiger partial charge in [0.2, 0.25) is 0 Å². The standard InChI is InChI=1S/C13H16ClNO/c1-8(2)5-11(15)13-7-9-6-10(14)3-4-12(9)16-13/h3-4,6-8,11H,5,15H2,1-2H3/t11-/m0/s1. The molecule has 0 aliphatic carbocycles. The van der Waals surface area contributed by atoms with Crippen molar-refractivity contribution in [3.8, 4) is 0 Å². The molecule has 1 aromatic carbocycles. The van der Waals surface area contributed by atoms with Crippen molar-refractivity contribution in [1.82, 2.24) is 0 Å². The molecule has 2 N–H and O–H groups in total. The number of furan rings is 1. The van der Waals surface area contributed by atoms with Crippen LogP contribution in [0.25, 0.3) is 11.0 Å². The van der Waals surface area contributed by atoms with Crippen molar-refractivity contribution >= 4 is 22.6 Å². The van der Waals surface area contributed by atoms with Gasteiger partial charge < -0.3 is 10.2 Å². The van der Waals surface area contributed by atoms with E-state index in [0.717, 1.165) is 28.2 Å². The molecule has 1 heterocycles. The Hall–Kier alpha value is -0.990. The zero-order chi connectivity index (χ0) is 11.7. The van der Waals surface area contributed by atoms with Gasteiger partial charge in [0, 0.05) is 10.4 Å². The van der Waals surface area contributed by atoms with Crippen molar-refractivity contribution < 1.29 is 4.42 Å². The lowest BCUT2D eigenvalue weighted by Crippen LogP contribution is -2.11. The van der Waals surface area contributed by atoms with Gasteiger partial charge >= 0.3 is 0 Å². The quantitative estimate of drug-likeness (QED) is 0.872. The van der Waals surface area contributed by atoms with Crippen LogP contribution in [0.5, 0.6) is 0 Å². The molecule has 0 unspecified atom stereocenters. The topological polar surface area (TPSA) is 39.2 Å². The Balaban J connectivity index is 2.32. The smallest absolute Gasteiger partial charge is 0.134 e. The fourth-order valence-electron chi connectivity index (χ4n) is 1.84. The maximum absolute atomic E-state index is 6.07. The average Bonchev–Trinajstić information content (AvgIpc) is 2.59. The van der Waals surface area contributed by atoms with Gasteiger partial charge in [0.15, 0.2) is 0 Å². The van der Waals surface area contributed by atoms with Crippen LogP contribution in [0, 0.1) is 5.92 Å². The van der Waals surface area contributed by atoms with Crippen LogP contribution >= 0.6 is 11.6 Å². The van der Waals surface area contributed by atoms with Gasteiger partial charge in [-0.1, -0.05) is 25.4 Å². The van der Waals surface area contributed by atoms with Crippen LogP contribution in [0.1, 0.15) is 32.1 Å². The molecule has 0 saturated heterocycles. The van der Waals surface area contributed by atoms with E-state index in [2.05, 4.69) is 13.8 Å². The van der Waals surface area contributed by atoms with E-state index in [-0.39, 0.29) is 6.04 Å². The molecule has 0 aliphatic rings. The van der Waals surface area contributed by atoms with E-state index >= 15 is 0 Å². The lowest BCUT2D eigenvalue weighted by molar-refractivity contribution is 0.431. The van der Waals surface area contributed by atoms with E-state index in [1.807, 2.05) is 24.3 Å². The fourth-order valence-corrected chi connectivity index (χ4v) is 2.02. The Morgan fingerprint density at radius 3 is 2.75 bits per heavy atom. The first-order valence-corrected chi connectivity index (χ1v) is 5.88. The molecule has 2 nitrogen and oxygen atoms in total. The van der Waals surface area contributed by atoms with E-state index in [9.17, 15) is 0 Å². The van der Waals surface area contributed by atoms with Crippen molar-refractivity contribution in [3.63, 3.8) is 0 Å². The van der Waals surface area contributed by atoms with Gasteiger partial charge in [0.1, 0.15) is 11.3 Å². The number of hydrogen-bond acceptors (Lipinski definition) is 2. The number of hydrogen-bond donors (Lipinski definition) is 1. The van der Waals surface area contributed by atoms with Crippen LogP contribution in [0.3, 0.4) is 0 Å². The molecule has 0 aliphatic heterocycles. The van der Waals surface area contributed by atoms with Crippen molar-refractivity contribution in [2.24, 2.45) is 11.7 Å². The summed E-state index contributed by atoms with van der Waals surface area (Å²) in [6.45, 7) is 4.30. The molecule has 0 saturated carbocycles. The first-order chi connectivity index (χ1) is 7.56. The van der Waals surface area contributed by atoms with Gasteiger partial charge in [-0.05, 0) is 36.6 Å². The second kappa shape index (κ2) is 4.48. The molecule has 0 amide bonds. The molecule has 3 heteroatoms. The highest BCUT2D eigenvalue weighted by molar-refractivity contribution is 6.31. The summed E-state index contributed by atoms with van der Waals surface area (Å²) in [6.07, 6.45) is 0.924. The second-order valence-electron chi connectivity index (χ2n) is 4.57. The van der Waals surface area contributed by atoms with Crippen molar-refractivity contribution in [3.05, 3.63) is 35.0 Å². The van der Waals surface area contributed by atoms with Crippen LogP contribution in [0.2, 0.25) is 5.02 Å². The molecular weight excluding hydrogens is 222 g/mol. The minimum atomic E-state index is -0.0359. The van der Waals surface area contributed by atoms with E-state index < -0.39 is 0 Å². The Labute approximate surface area is 100 Å². The average molecular weight is 238 g/mol. The van der Waals surface area contributed by atoms with Crippen LogP contribution in [-0.4, -0.2) is 0 Å². The molecule has 86 valence electrons. The first-order valence-electron chi connectivity index (χ1n) is 5.51. The van der Waals surface area contributed by atoms with Gasteiger partial charge in [-0.2, -0.15) is 0 Å². The Morgan fingerprint density at radius 1 is 1.31 bits per heavy atom. The Kier molecular flexibility index (Phi) is 3.22. The van der Waals surface area contributed by atoms with Gasteiger partial charge in [0.25, 0.3) is 0 Å². The molecule has 0 bridgehead atoms. The summed E-state index contributed by atoms with van der Waals surface area (Å²) in [5.74, 6) is 1.40. The minimum absolute atomic E-state index is 0.0359. The summed E-state index contributed by atoms with van der Waals surface area (Å²) < 4.78 is 5.70. The molecule has 0 fully saturated rings. The van der Waals surface area contributed by atoms with Crippen molar-refractivity contribution in [2.75, 3.05) is 0 Å². The monoisotopic (exact) mass is 237 g/mol. The largest absolute Gasteiger partial charge is 0.459 e. The summed E-state index contributed by atoms with van der Waals surface area (Å²) in [5.41, 5.74) is 6.92. The van der Waals surface area contributed by atoms with Crippen LogP contribution < -0.4 is 5.73 Å². The molecule has 0 spiro atoms. The highest BCUT2D eigenvalue weighted by atomic mass is 35.5. The third kappa shape index (κ3) is 2.39. The second-order valence-corrected chi connectivity index (χ2v) is 5.00. The number of benzene rings is 1. The van der Waals surface area contributed by atoms with Gasteiger partial charge in [0.05, 0.1) is 6.04 Å². The minimum Gasteiger partial charge on any atom is -0.459 e. The number of rotatable bonds is 3. The molecule has 0 radical (unpaired) electrons. The summed E-state index contributed by atoms with van der Waals surface area (Å²) in [4.78, 5) is 0. The lowest BCUT2D eigenvalue weighted by atomic mass is 10.0. The van der Waals surface area contributed by atoms with Crippen molar-refractivity contribution in [2.45, 2.75) is 26.3 Å². The zero-order valence-electron chi connectivity index (χ0n) is 9.53. The Morgan fingerprint density at radius 2 is 2.06 bits per heavy atom. The number of nitrogens with two attached hydrogens (primary N) is 1. The van der Waals surface area contributed by atoms with Crippen LogP contribution in [-0.2, 0) is 0 Å². The van der Waals surface area contributed by atoms with Gasteiger partial charge in [-0.3, -0.25) is 0 Å². The summed E-state index contributed by atoms with van der Waals surface area (Å²) >= 11 is 5.92. The number of fused-ring (bicyclic) bond motifs is 1. The summed E-state index contributed by atoms with van der Waals surface area (Å²) in [6, 6.07) is 7.54. The number of halogens is 1. The maximum atomic E-state index is 6.07. The molecule has 2 aromatic rings. The van der Waals surface area contributed by atoms with Gasteiger partial charge in [-0.25, -0.2) is 0 Å². The Bertz CT molecular complexity index is 490. The zero-order valence-corrected chi connectivity index (χ0v) is 10.3. The van der Waals surface area contributed by atoms with Crippen LogP contribution in [0.15, 0.2) is 28.7 Å². The third-order valence-corrected chi connectivity index (χ3v) is 2.82. The predicted octanol–water partition coefficient (Wildman–Crippen LogP) is 4.13. The fraction of sp³-hybridized carbons (Fsp3) is 0.385. The molecule has 16 heavy (non-hydrogen) atoms. The molecule has 2 rings (SSSR count). The van der Waals surface area contributed by atoms with E-state index in [1.165, 1.54) is 0 Å². The SMILES string of the molecule is CC(C)C[C@H](N)c1cc2cc(Cl)ccc2o1. The van der Waals surface area contributed by atoms with E-state index in [1.54, 1.807) is 0 Å². The van der Waals surface area contributed by atoms with Crippen LogP contribution in [0.4, 0.5) is 0 Å². The highest BCUT2D eigenvalue weighted by Gasteiger charge is 2.13. The van der Waals surface area contributed by atoms with Crippen molar-refractivity contribution in [1.29, 1.82) is 0 Å². The molecule has 1 aromatic heterocycles. The summed E-state index contributed by atoms with van der Waals surface area (Å²) in [7, 11) is 0. The predicted molar refractivity (Wildman–Crippen MR) is 67.6 cm³/mol. The van der Waals surface area contributed by atoms with E-state index in [0.29, 0.717) is 5.92 Å². The normalized spacial score (nSPS) is 13.6. The van der Waals surface area contributed by atoms with E-state index in [4.69, 9.17) is 21.8 Å². The first kappa shape index (κ1) is 11.5. The lowest BCUT2D eigenvalue weighted by Gasteiger charge is -2.10. The maximum Gasteiger partial charge on any atom is 0.134 e.